The number of sulfone groups is 1. The molecule has 1 saturated heterocycles. The molecule has 0 spiro atoms. The van der Waals surface area contributed by atoms with E-state index in [-0.39, 0.29) is 30.1 Å². The molecule has 0 unspecified atom stereocenters. The third-order valence-electron chi connectivity index (χ3n) is 4.47. The topological polar surface area (TPSA) is 63.7 Å². The molecule has 3 rings (SSSR count). The number of rotatable bonds is 5. The van der Waals surface area contributed by atoms with E-state index in [0.29, 0.717) is 12.2 Å². The molecule has 1 heterocycles. The minimum atomic E-state index is -3.01. The monoisotopic (exact) mass is 359 g/mol. The number of hydrogen-bond donors (Lipinski definition) is 0. The predicted molar refractivity (Wildman–Crippen MR) is 97.2 cm³/mol. The lowest BCUT2D eigenvalue weighted by Crippen LogP contribution is -2.40. The fourth-order valence-electron chi connectivity index (χ4n) is 2.91. The Morgan fingerprint density at radius 3 is 2.32 bits per heavy atom. The van der Waals surface area contributed by atoms with Crippen LogP contribution in [0.3, 0.4) is 0 Å². The van der Waals surface area contributed by atoms with Gasteiger partial charge < -0.3 is 9.64 Å². The van der Waals surface area contributed by atoms with Crippen LogP contribution in [0.25, 0.3) is 11.1 Å². The highest BCUT2D eigenvalue weighted by atomic mass is 32.2. The van der Waals surface area contributed by atoms with E-state index in [1.54, 1.807) is 7.05 Å². The Labute approximate surface area is 148 Å². The number of benzene rings is 2. The Kier molecular flexibility index (Phi) is 5.08. The summed E-state index contributed by atoms with van der Waals surface area (Å²) in [4.78, 5) is 13.7. The maximum Gasteiger partial charge on any atom is 0.260 e. The van der Waals surface area contributed by atoms with Gasteiger partial charge in [0.25, 0.3) is 5.91 Å². The van der Waals surface area contributed by atoms with Crippen molar-refractivity contribution in [2.45, 2.75) is 12.5 Å². The molecule has 0 N–H and O–H groups in total. The number of amides is 1. The lowest BCUT2D eigenvalue weighted by atomic mass is 10.1. The second kappa shape index (κ2) is 7.27. The number of hydrogen-bond acceptors (Lipinski definition) is 4. The molecule has 6 heteroatoms. The first-order valence-corrected chi connectivity index (χ1v) is 10.0. The first-order valence-electron chi connectivity index (χ1n) is 8.19. The summed E-state index contributed by atoms with van der Waals surface area (Å²) in [5.74, 6) is 0.590. The molecule has 1 amide bonds. The van der Waals surface area contributed by atoms with Gasteiger partial charge in [-0.3, -0.25) is 4.79 Å². The van der Waals surface area contributed by atoms with Crippen LogP contribution < -0.4 is 4.74 Å². The quantitative estimate of drug-likeness (QED) is 0.822. The summed E-state index contributed by atoms with van der Waals surface area (Å²) < 4.78 is 28.6. The molecular formula is C19H21NO4S. The molecule has 1 aliphatic rings. The Morgan fingerprint density at radius 1 is 1.08 bits per heavy atom. The maximum atomic E-state index is 12.2. The normalized spacial score (nSPS) is 18.7. The summed E-state index contributed by atoms with van der Waals surface area (Å²) in [5, 5.41) is 0. The SMILES string of the molecule is CN(C(=O)COc1ccc(-c2ccccc2)cc1)[C@H]1CCS(=O)(=O)C1. The summed E-state index contributed by atoms with van der Waals surface area (Å²) in [6.07, 6.45) is 0.496. The van der Waals surface area contributed by atoms with Gasteiger partial charge in [-0.25, -0.2) is 8.42 Å². The summed E-state index contributed by atoms with van der Waals surface area (Å²) in [7, 11) is -1.37. The largest absolute Gasteiger partial charge is 0.484 e. The van der Waals surface area contributed by atoms with Gasteiger partial charge in [0.2, 0.25) is 0 Å². The number of carbonyl (C=O) groups is 1. The van der Waals surface area contributed by atoms with Crippen molar-refractivity contribution < 1.29 is 17.9 Å². The Bertz CT molecular complexity index is 831. The first kappa shape index (κ1) is 17.5. The van der Waals surface area contributed by atoms with Crippen molar-refractivity contribution in [1.29, 1.82) is 0 Å². The average molecular weight is 359 g/mol. The zero-order chi connectivity index (χ0) is 17.9. The standard InChI is InChI=1S/C19H21NO4S/c1-20(17-11-12-25(22,23)14-17)19(21)13-24-18-9-7-16(8-10-18)15-5-3-2-4-6-15/h2-10,17H,11-14H2,1H3/t17-/m0/s1. The Morgan fingerprint density at radius 2 is 1.72 bits per heavy atom. The Balaban J connectivity index is 1.55. The number of carbonyl (C=O) groups excluding carboxylic acids is 1. The van der Waals surface area contributed by atoms with Gasteiger partial charge in [0.15, 0.2) is 16.4 Å². The van der Waals surface area contributed by atoms with Crippen LogP contribution in [0.5, 0.6) is 5.75 Å². The smallest absolute Gasteiger partial charge is 0.260 e. The highest BCUT2D eigenvalue weighted by Crippen LogP contribution is 2.22. The van der Waals surface area contributed by atoms with Crippen LogP contribution in [-0.2, 0) is 14.6 Å². The molecule has 0 aliphatic carbocycles. The molecule has 25 heavy (non-hydrogen) atoms. The van der Waals surface area contributed by atoms with E-state index in [1.165, 1.54) is 4.90 Å². The minimum absolute atomic E-state index is 0.0427. The van der Waals surface area contributed by atoms with E-state index < -0.39 is 9.84 Å². The van der Waals surface area contributed by atoms with Crippen molar-refractivity contribution in [3.05, 3.63) is 54.6 Å². The lowest BCUT2D eigenvalue weighted by Gasteiger charge is -2.23. The summed E-state index contributed by atoms with van der Waals surface area (Å²) in [6.45, 7) is -0.0995. The second-order valence-electron chi connectivity index (χ2n) is 6.24. The zero-order valence-corrected chi connectivity index (χ0v) is 14.9. The molecule has 1 atom stereocenters. The van der Waals surface area contributed by atoms with Crippen LogP contribution >= 0.6 is 0 Å². The van der Waals surface area contributed by atoms with Crippen LogP contribution in [0, 0.1) is 0 Å². The minimum Gasteiger partial charge on any atom is -0.484 e. The van der Waals surface area contributed by atoms with Crippen LogP contribution in [0.4, 0.5) is 0 Å². The highest BCUT2D eigenvalue weighted by Gasteiger charge is 2.32. The van der Waals surface area contributed by atoms with Crippen LogP contribution in [0.1, 0.15) is 6.42 Å². The van der Waals surface area contributed by atoms with Crippen LogP contribution in [0.15, 0.2) is 54.6 Å². The molecule has 132 valence electrons. The van der Waals surface area contributed by atoms with Gasteiger partial charge >= 0.3 is 0 Å². The van der Waals surface area contributed by atoms with Crippen LogP contribution in [0.2, 0.25) is 0 Å². The Hall–Kier alpha value is -2.34. The molecule has 0 bridgehead atoms. The van der Waals surface area contributed by atoms with E-state index in [4.69, 9.17) is 4.74 Å². The number of nitrogens with zero attached hydrogens (tertiary/aromatic N) is 1. The van der Waals surface area contributed by atoms with Crippen molar-refractivity contribution in [2.24, 2.45) is 0 Å². The molecule has 1 aliphatic heterocycles. The lowest BCUT2D eigenvalue weighted by molar-refractivity contribution is -0.133. The van der Waals surface area contributed by atoms with Gasteiger partial charge in [-0.05, 0) is 29.7 Å². The molecule has 0 aromatic heterocycles. The number of ether oxygens (including phenoxy) is 1. The molecule has 5 nitrogen and oxygen atoms in total. The third-order valence-corrected chi connectivity index (χ3v) is 6.22. The fraction of sp³-hybridized carbons (Fsp3) is 0.316. The van der Waals surface area contributed by atoms with Crippen molar-refractivity contribution in [3.63, 3.8) is 0 Å². The van der Waals surface area contributed by atoms with Gasteiger partial charge in [0.05, 0.1) is 11.5 Å². The first-order chi connectivity index (χ1) is 11.9. The molecule has 0 radical (unpaired) electrons. The summed E-state index contributed by atoms with van der Waals surface area (Å²) in [6, 6.07) is 17.3. The maximum absolute atomic E-state index is 12.2. The van der Waals surface area contributed by atoms with E-state index in [9.17, 15) is 13.2 Å². The highest BCUT2D eigenvalue weighted by molar-refractivity contribution is 7.91. The average Bonchev–Trinajstić information content (AvgIpc) is 3.00. The molecule has 2 aromatic rings. The molecule has 2 aromatic carbocycles. The molecule has 1 fully saturated rings. The van der Waals surface area contributed by atoms with Gasteiger partial charge in [-0.1, -0.05) is 42.5 Å². The van der Waals surface area contributed by atoms with Gasteiger partial charge in [-0.2, -0.15) is 0 Å². The summed E-state index contributed by atoms with van der Waals surface area (Å²) >= 11 is 0. The van der Waals surface area contributed by atoms with E-state index in [0.717, 1.165) is 11.1 Å². The zero-order valence-electron chi connectivity index (χ0n) is 14.1. The molecule has 0 saturated carbocycles. The predicted octanol–water partition coefficient (Wildman–Crippen LogP) is 2.38. The van der Waals surface area contributed by atoms with Gasteiger partial charge in [-0.15, -0.1) is 0 Å². The summed E-state index contributed by atoms with van der Waals surface area (Å²) in [5.41, 5.74) is 2.19. The van der Waals surface area contributed by atoms with E-state index in [2.05, 4.69) is 0 Å². The van der Waals surface area contributed by atoms with Gasteiger partial charge in [0.1, 0.15) is 5.75 Å². The molecular weight excluding hydrogens is 338 g/mol. The van der Waals surface area contributed by atoms with Crippen molar-refractivity contribution in [3.8, 4) is 16.9 Å². The van der Waals surface area contributed by atoms with Crippen molar-refractivity contribution in [2.75, 3.05) is 25.2 Å². The van der Waals surface area contributed by atoms with Crippen molar-refractivity contribution >= 4 is 15.7 Å². The van der Waals surface area contributed by atoms with E-state index in [1.807, 2.05) is 54.6 Å². The van der Waals surface area contributed by atoms with Crippen molar-refractivity contribution in [1.82, 2.24) is 4.90 Å². The third kappa shape index (κ3) is 4.39. The van der Waals surface area contributed by atoms with E-state index >= 15 is 0 Å². The number of likely N-dealkylation sites (N-methyl/N-ethyl adjacent to an activating group) is 1. The van der Waals surface area contributed by atoms with Gasteiger partial charge in [0, 0.05) is 13.1 Å². The second-order valence-corrected chi connectivity index (χ2v) is 8.47. The fourth-order valence-corrected chi connectivity index (χ4v) is 4.68. The van der Waals surface area contributed by atoms with Crippen LogP contribution in [-0.4, -0.2) is 50.4 Å².